The van der Waals surface area contributed by atoms with Gasteiger partial charge >= 0.3 is 0 Å². The van der Waals surface area contributed by atoms with Crippen LogP contribution in [0.25, 0.3) is 27.8 Å². The number of aryl methyl sites for hydroxylation is 1. The van der Waals surface area contributed by atoms with Crippen molar-refractivity contribution >= 4 is 23.0 Å². The molecule has 0 amide bonds. The number of imidazole rings is 2. The first-order valence-corrected chi connectivity index (χ1v) is 8.75. The second-order valence-corrected chi connectivity index (χ2v) is 6.58. The van der Waals surface area contributed by atoms with Crippen LogP contribution in [-0.4, -0.2) is 35.6 Å². The van der Waals surface area contributed by atoms with Crippen LogP contribution in [0.3, 0.4) is 0 Å². The molecule has 4 aromatic heterocycles. The van der Waals surface area contributed by atoms with Crippen molar-refractivity contribution < 1.29 is 9.53 Å². The van der Waals surface area contributed by atoms with E-state index in [0.29, 0.717) is 24.6 Å². The van der Waals surface area contributed by atoms with Crippen molar-refractivity contribution in [3.8, 4) is 17.1 Å². The van der Waals surface area contributed by atoms with Gasteiger partial charge in [-0.05, 0) is 24.6 Å². The zero-order chi connectivity index (χ0) is 19.1. The molecule has 8 heteroatoms. The highest BCUT2D eigenvalue weighted by Crippen LogP contribution is 2.27. The van der Waals surface area contributed by atoms with Gasteiger partial charge in [-0.1, -0.05) is 18.2 Å². The Kier molecular flexibility index (Phi) is 3.68. The van der Waals surface area contributed by atoms with Crippen molar-refractivity contribution in [1.82, 2.24) is 29.1 Å². The summed E-state index contributed by atoms with van der Waals surface area (Å²) in [4.78, 5) is 20.1. The number of aromatic amines is 1. The van der Waals surface area contributed by atoms with Crippen LogP contribution < -0.4 is 4.74 Å². The molecule has 0 spiro atoms. The third kappa shape index (κ3) is 2.62. The van der Waals surface area contributed by atoms with Crippen LogP contribution in [0.5, 0.6) is 5.88 Å². The van der Waals surface area contributed by atoms with E-state index in [-0.39, 0.29) is 0 Å². The lowest BCUT2D eigenvalue weighted by Gasteiger charge is -2.03. The first-order chi connectivity index (χ1) is 13.7. The summed E-state index contributed by atoms with van der Waals surface area (Å²) in [6.45, 7) is 2.83. The molecule has 5 aromatic rings. The normalized spacial score (nSPS) is 11.3. The molecule has 0 radical (unpaired) electrons. The van der Waals surface area contributed by atoms with Crippen LogP contribution >= 0.6 is 0 Å². The topological polar surface area (TPSA) is 90.1 Å². The number of benzene rings is 1. The molecule has 0 aliphatic rings. The molecular formula is C20H16N6O2. The monoisotopic (exact) mass is 372 g/mol. The van der Waals surface area contributed by atoms with Gasteiger partial charge in [0.2, 0.25) is 5.88 Å². The largest absolute Gasteiger partial charge is 0.409 e. The molecule has 0 atom stereocenters. The van der Waals surface area contributed by atoms with Crippen LogP contribution in [0.1, 0.15) is 11.3 Å². The van der Waals surface area contributed by atoms with Crippen molar-refractivity contribution in [2.75, 3.05) is 0 Å². The Balaban J connectivity index is 1.53. The van der Waals surface area contributed by atoms with Crippen molar-refractivity contribution in [2.45, 2.75) is 13.5 Å². The highest BCUT2D eigenvalue weighted by Gasteiger charge is 2.15. The van der Waals surface area contributed by atoms with E-state index in [1.54, 1.807) is 16.9 Å². The Morgan fingerprint density at radius 3 is 3.04 bits per heavy atom. The van der Waals surface area contributed by atoms with Gasteiger partial charge in [-0.25, -0.2) is 9.97 Å². The number of aromatic nitrogens is 6. The highest BCUT2D eigenvalue weighted by atomic mass is 16.5. The van der Waals surface area contributed by atoms with Crippen LogP contribution in [0.2, 0.25) is 0 Å². The SMILES string of the molecule is Cc1ccc2nc(Cn3cnc(-c4cccc5[nH]ncc45)c3)c(OC=O)n2c1. The summed E-state index contributed by atoms with van der Waals surface area (Å²) in [6, 6.07) is 9.83. The number of carbonyl (C=O) groups is 1. The molecule has 0 saturated heterocycles. The van der Waals surface area contributed by atoms with E-state index in [1.165, 1.54) is 0 Å². The summed E-state index contributed by atoms with van der Waals surface area (Å²) >= 11 is 0. The molecule has 4 heterocycles. The molecule has 28 heavy (non-hydrogen) atoms. The average molecular weight is 372 g/mol. The minimum atomic E-state index is 0.417. The molecular weight excluding hydrogens is 356 g/mol. The van der Waals surface area contributed by atoms with Gasteiger partial charge in [-0.3, -0.25) is 14.3 Å². The second kappa shape index (κ2) is 6.34. The number of H-pyrrole nitrogens is 1. The van der Waals surface area contributed by atoms with Crippen molar-refractivity contribution in [3.63, 3.8) is 0 Å². The van der Waals surface area contributed by atoms with Crippen LogP contribution in [-0.2, 0) is 11.3 Å². The number of hydrogen-bond acceptors (Lipinski definition) is 5. The zero-order valence-electron chi connectivity index (χ0n) is 15.0. The third-order valence-corrected chi connectivity index (χ3v) is 4.68. The summed E-state index contributed by atoms with van der Waals surface area (Å²) in [5, 5.41) is 8.09. The van der Waals surface area contributed by atoms with E-state index in [9.17, 15) is 4.79 Å². The molecule has 138 valence electrons. The van der Waals surface area contributed by atoms with Gasteiger partial charge in [0, 0.05) is 23.3 Å². The predicted octanol–water partition coefficient (Wildman–Crippen LogP) is 2.97. The highest BCUT2D eigenvalue weighted by molar-refractivity contribution is 5.93. The molecule has 1 aromatic carbocycles. The summed E-state index contributed by atoms with van der Waals surface area (Å²) in [5.41, 5.74) is 5.23. The number of hydrogen-bond donors (Lipinski definition) is 1. The fourth-order valence-corrected chi connectivity index (χ4v) is 3.40. The number of nitrogens with zero attached hydrogens (tertiary/aromatic N) is 5. The fraction of sp³-hybridized carbons (Fsp3) is 0.100. The number of fused-ring (bicyclic) bond motifs is 2. The first kappa shape index (κ1) is 16.2. The van der Waals surface area contributed by atoms with Crippen LogP contribution in [0.4, 0.5) is 0 Å². The summed E-state index contributed by atoms with van der Waals surface area (Å²) in [5.74, 6) is 0.417. The zero-order valence-corrected chi connectivity index (χ0v) is 15.0. The predicted molar refractivity (Wildman–Crippen MR) is 103 cm³/mol. The van der Waals surface area contributed by atoms with E-state index < -0.39 is 0 Å². The molecule has 0 aliphatic carbocycles. The lowest BCUT2D eigenvalue weighted by Crippen LogP contribution is -2.01. The quantitative estimate of drug-likeness (QED) is 0.479. The van der Waals surface area contributed by atoms with E-state index in [2.05, 4.69) is 20.2 Å². The number of rotatable bonds is 5. The third-order valence-electron chi connectivity index (χ3n) is 4.68. The number of pyridine rings is 1. The number of carbonyl (C=O) groups excluding carboxylic acids is 1. The van der Waals surface area contributed by atoms with Gasteiger partial charge in [-0.15, -0.1) is 0 Å². The Morgan fingerprint density at radius 1 is 1.21 bits per heavy atom. The lowest BCUT2D eigenvalue weighted by atomic mass is 10.1. The Labute approximate surface area is 159 Å². The van der Waals surface area contributed by atoms with Crippen molar-refractivity contribution in [2.24, 2.45) is 0 Å². The van der Waals surface area contributed by atoms with E-state index in [4.69, 9.17) is 4.74 Å². The van der Waals surface area contributed by atoms with E-state index in [0.717, 1.165) is 33.4 Å². The van der Waals surface area contributed by atoms with Gasteiger partial charge in [-0.2, -0.15) is 5.10 Å². The molecule has 0 bridgehead atoms. The standard InChI is InChI=1S/C20H16N6O2/c1-13-5-6-19-23-18(20(28-12-27)26(19)8-13)10-25-9-17(21-11-25)14-3-2-4-16-15(14)7-22-24-16/h2-9,11-12H,10H2,1H3,(H,22,24). The molecule has 0 unspecified atom stereocenters. The average Bonchev–Trinajstić information content (AvgIpc) is 3.42. The van der Waals surface area contributed by atoms with Gasteiger partial charge < -0.3 is 9.30 Å². The van der Waals surface area contributed by atoms with Crippen LogP contribution in [0, 0.1) is 6.92 Å². The summed E-state index contributed by atoms with van der Waals surface area (Å²) < 4.78 is 8.93. The Morgan fingerprint density at radius 2 is 2.14 bits per heavy atom. The number of nitrogens with one attached hydrogen (secondary N) is 1. The van der Waals surface area contributed by atoms with E-state index >= 15 is 0 Å². The van der Waals surface area contributed by atoms with Crippen LogP contribution in [0.15, 0.2) is 55.2 Å². The van der Waals surface area contributed by atoms with Gasteiger partial charge in [0.05, 0.1) is 30.3 Å². The van der Waals surface area contributed by atoms with Gasteiger partial charge in [0.15, 0.2) is 0 Å². The van der Waals surface area contributed by atoms with Gasteiger partial charge in [0.25, 0.3) is 6.47 Å². The second-order valence-electron chi connectivity index (χ2n) is 6.58. The number of ether oxygens (including phenoxy) is 1. The van der Waals surface area contributed by atoms with E-state index in [1.807, 2.05) is 54.2 Å². The molecule has 0 fully saturated rings. The molecule has 5 rings (SSSR count). The molecule has 1 N–H and O–H groups in total. The molecule has 0 saturated carbocycles. The Bertz CT molecular complexity index is 1310. The van der Waals surface area contributed by atoms with Gasteiger partial charge in [0.1, 0.15) is 11.3 Å². The lowest BCUT2D eigenvalue weighted by molar-refractivity contribution is -0.121. The van der Waals surface area contributed by atoms with Crippen molar-refractivity contribution in [3.05, 3.63) is 66.5 Å². The first-order valence-electron chi connectivity index (χ1n) is 8.75. The maximum Gasteiger partial charge on any atom is 0.299 e. The molecule has 8 nitrogen and oxygen atoms in total. The Hall–Kier alpha value is -3.94. The minimum Gasteiger partial charge on any atom is -0.409 e. The summed E-state index contributed by atoms with van der Waals surface area (Å²) in [6.07, 6.45) is 7.38. The summed E-state index contributed by atoms with van der Waals surface area (Å²) in [7, 11) is 0. The molecule has 0 aliphatic heterocycles. The van der Waals surface area contributed by atoms with Crippen molar-refractivity contribution in [1.29, 1.82) is 0 Å². The maximum atomic E-state index is 11.0. The fourth-order valence-electron chi connectivity index (χ4n) is 3.40. The minimum absolute atomic E-state index is 0.417. The maximum absolute atomic E-state index is 11.0. The smallest absolute Gasteiger partial charge is 0.299 e.